The van der Waals surface area contributed by atoms with Crippen LogP contribution in [-0.2, 0) is 17.8 Å². The fraction of sp³-hybridized carbons (Fsp3) is 0.227. The molecule has 3 aromatic rings. The van der Waals surface area contributed by atoms with Crippen LogP contribution in [0, 0.1) is 0 Å². The zero-order valence-electron chi connectivity index (χ0n) is 15.3. The van der Waals surface area contributed by atoms with Gasteiger partial charge in [0.1, 0.15) is 11.5 Å². The van der Waals surface area contributed by atoms with E-state index in [9.17, 15) is 9.90 Å². The summed E-state index contributed by atoms with van der Waals surface area (Å²) < 4.78 is 7.51. The molecule has 2 aromatic carbocycles. The van der Waals surface area contributed by atoms with Gasteiger partial charge in [-0.1, -0.05) is 30.3 Å². The van der Waals surface area contributed by atoms with E-state index in [1.165, 1.54) is 0 Å². The predicted molar refractivity (Wildman–Crippen MR) is 104 cm³/mol. The number of aryl methyl sites for hydroxylation is 1. The molecule has 0 aliphatic heterocycles. The molecule has 0 aliphatic rings. The Morgan fingerprint density at radius 1 is 1.11 bits per heavy atom. The van der Waals surface area contributed by atoms with Crippen LogP contribution in [-0.4, -0.2) is 27.4 Å². The van der Waals surface area contributed by atoms with Gasteiger partial charge in [0.25, 0.3) is 0 Å². The molecule has 27 heavy (non-hydrogen) atoms. The molecule has 0 radical (unpaired) electrons. The lowest BCUT2D eigenvalue weighted by Gasteiger charge is -2.08. The lowest BCUT2D eigenvalue weighted by atomic mass is 10.0. The Morgan fingerprint density at radius 3 is 2.59 bits per heavy atom. The first kappa shape index (κ1) is 18.6. The van der Waals surface area contributed by atoms with Crippen LogP contribution >= 0.6 is 0 Å². The molecule has 0 saturated heterocycles. The summed E-state index contributed by atoms with van der Waals surface area (Å²) in [7, 11) is 0. The third-order valence-corrected chi connectivity index (χ3v) is 4.28. The molecule has 1 aromatic heterocycles. The number of phenolic OH excluding ortho intramolecular Hbond substituents is 1. The van der Waals surface area contributed by atoms with Crippen LogP contribution in [0.4, 0.5) is 0 Å². The minimum Gasteiger partial charge on any atom is -0.508 e. The van der Waals surface area contributed by atoms with E-state index < -0.39 is 5.97 Å². The zero-order valence-corrected chi connectivity index (χ0v) is 15.3. The number of phenols is 1. The molecule has 0 spiro atoms. The molecule has 0 fully saturated rings. The van der Waals surface area contributed by atoms with E-state index in [1.54, 1.807) is 12.1 Å². The second kappa shape index (κ2) is 8.45. The van der Waals surface area contributed by atoms with Crippen LogP contribution in [0.15, 0.2) is 60.9 Å². The molecule has 0 aliphatic carbocycles. The van der Waals surface area contributed by atoms with Crippen molar-refractivity contribution in [2.75, 3.05) is 6.61 Å². The molecule has 0 unspecified atom stereocenters. The van der Waals surface area contributed by atoms with E-state index in [0.717, 1.165) is 22.3 Å². The monoisotopic (exact) mass is 365 g/mol. The Kier molecular flexibility index (Phi) is 5.81. The van der Waals surface area contributed by atoms with Gasteiger partial charge in [0.05, 0.1) is 6.61 Å². The van der Waals surface area contributed by atoms with Gasteiger partial charge in [0.2, 0.25) is 0 Å². The van der Waals surface area contributed by atoms with Gasteiger partial charge in [-0.3, -0.25) is 4.79 Å². The molecular weight excluding hydrogens is 342 g/mol. The number of aliphatic carboxylic acids is 1. The molecule has 0 amide bonds. The second-order valence-electron chi connectivity index (χ2n) is 6.40. The zero-order chi connectivity index (χ0) is 19.2. The quantitative estimate of drug-likeness (QED) is 0.623. The number of nitrogens with zero attached hydrogens (tertiary/aromatic N) is 1. The number of aromatic hydroxyl groups is 1. The minimum atomic E-state index is -0.809. The Labute approximate surface area is 158 Å². The van der Waals surface area contributed by atoms with Gasteiger partial charge >= 0.3 is 5.97 Å². The van der Waals surface area contributed by atoms with E-state index in [2.05, 4.69) is 0 Å². The molecule has 140 valence electrons. The van der Waals surface area contributed by atoms with Crippen LogP contribution in [0.5, 0.6) is 11.5 Å². The number of carboxylic acids is 1. The highest BCUT2D eigenvalue weighted by atomic mass is 16.5. The first-order chi connectivity index (χ1) is 13.0. The Balaban J connectivity index is 1.91. The number of carboxylic acid groups (broad SMARTS) is 1. The number of benzene rings is 2. The molecule has 1 heterocycles. The van der Waals surface area contributed by atoms with Crippen LogP contribution in [0.25, 0.3) is 11.1 Å². The van der Waals surface area contributed by atoms with Crippen LogP contribution < -0.4 is 4.74 Å². The molecule has 2 N–H and O–H groups in total. The molecule has 0 atom stereocenters. The van der Waals surface area contributed by atoms with Gasteiger partial charge in [-0.2, -0.15) is 0 Å². The third kappa shape index (κ3) is 4.91. The van der Waals surface area contributed by atoms with E-state index in [0.29, 0.717) is 25.3 Å². The summed E-state index contributed by atoms with van der Waals surface area (Å²) in [5.74, 6) is -0.0115. The minimum absolute atomic E-state index is 0.0878. The topological polar surface area (TPSA) is 71.7 Å². The molecule has 5 heteroatoms. The maximum Gasteiger partial charge on any atom is 0.303 e. The standard InChI is InChI=1S/C22H23NO4/c1-2-27-20-11-16(10-19(24)12-20)13-23-14-18(8-9-22(25)26)21(15-23)17-6-4-3-5-7-17/h3-7,10-12,14-15,24H,2,8-9,13H2,1H3,(H,25,26). The van der Waals surface area contributed by atoms with Crippen LogP contribution in [0.2, 0.25) is 0 Å². The summed E-state index contributed by atoms with van der Waals surface area (Å²) in [4.78, 5) is 11.0. The maximum absolute atomic E-state index is 11.0. The van der Waals surface area contributed by atoms with Crippen LogP contribution in [0.3, 0.4) is 0 Å². The van der Waals surface area contributed by atoms with Crippen molar-refractivity contribution in [1.29, 1.82) is 0 Å². The van der Waals surface area contributed by atoms with Crippen molar-refractivity contribution in [2.45, 2.75) is 26.3 Å². The lowest BCUT2D eigenvalue weighted by Crippen LogP contribution is -1.99. The highest BCUT2D eigenvalue weighted by molar-refractivity contribution is 5.70. The normalized spacial score (nSPS) is 10.7. The Hall–Kier alpha value is -3.21. The Bertz CT molecular complexity index is 915. The summed E-state index contributed by atoms with van der Waals surface area (Å²) >= 11 is 0. The van der Waals surface area contributed by atoms with Gasteiger partial charge in [-0.15, -0.1) is 0 Å². The average Bonchev–Trinajstić information content (AvgIpc) is 3.03. The number of carbonyl (C=O) groups is 1. The van der Waals surface area contributed by atoms with Crippen molar-refractivity contribution in [3.63, 3.8) is 0 Å². The molecule has 0 bridgehead atoms. The molecule has 5 nitrogen and oxygen atoms in total. The predicted octanol–water partition coefficient (Wildman–Crippen LogP) is 4.32. The molecular formula is C22H23NO4. The van der Waals surface area contributed by atoms with Crippen molar-refractivity contribution in [3.8, 4) is 22.6 Å². The SMILES string of the molecule is CCOc1cc(O)cc(Cn2cc(CCC(=O)O)c(-c3ccccc3)c2)c1. The highest BCUT2D eigenvalue weighted by Gasteiger charge is 2.11. The summed E-state index contributed by atoms with van der Waals surface area (Å²) in [6, 6.07) is 15.1. The second-order valence-corrected chi connectivity index (χ2v) is 6.40. The van der Waals surface area contributed by atoms with E-state index in [4.69, 9.17) is 9.84 Å². The van der Waals surface area contributed by atoms with Crippen LogP contribution in [0.1, 0.15) is 24.5 Å². The fourth-order valence-electron chi connectivity index (χ4n) is 3.16. The van der Waals surface area contributed by atoms with Crippen molar-refractivity contribution < 1.29 is 19.7 Å². The number of ether oxygens (including phenoxy) is 1. The summed E-state index contributed by atoms with van der Waals surface area (Å²) in [6.45, 7) is 2.99. The summed E-state index contributed by atoms with van der Waals surface area (Å²) in [5, 5.41) is 19.0. The third-order valence-electron chi connectivity index (χ3n) is 4.28. The number of aromatic nitrogens is 1. The number of hydrogen-bond donors (Lipinski definition) is 2. The van der Waals surface area contributed by atoms with Gasteiger partial charge in [0.15, 0.2) is 0 Å². The molecule has 0 saturated carbocycles. The maximum atomic E-state index is 11.0. The van der Waals surface area contributed by atoms with E-state index >= 15 is 0 Å². The number of hydrogen-bond acceptors (Lipinski definition) is 3. The van der Waals surface area contributed by atoms with Gasteiger partial charge < -0.3 is 19.5 Å². The van der Waals surface area contributed by atoms with Gasteiger partial charge in [-0.25, -0.2) is 0 Å². The fourth-order valence-corrected chi connectivity index (χ4v) is 3.16. The van der Waals surface area contributed by atoms with E-state index in [-0.39, 0.29) is 12.2 Å². The largest absolute Gasteiger partial charge is 0.508 e. The lowest BCUT2D eigenvalue weighted by molar-refractivity contribution is -0.136. The highest BCUT2D eigenvalue weighted by Crippen LogP contribution is 2.28. The molecule has 3 rings (SSSR count). The average molecular weight is 365 g/mol. The van der Waals surface area contributed by atoms with Crippen molar-refractivity contribution >= 4 is 5.97 Å². The summed E-state index contributed by atoms with van der Waals surface area (Å²) in [6.07, 6.45) is 4.56. The van der Waals surface area contributed by atoms with Crippen molar-refractivity contribution in [3.05, 3.63) is 72.1 Å². The first-order valence-corrected chi connectivity index (χ1v) is 8.96. The van der Waals surface area contributed by atoms with Crippen molar-refractivity contribution in [2.24, 2.45) is 0 Å². The number of rotatable bonds is 8. The van der Waals surface area contributed by atoms with Crippen molar-refractivity contribution in [1.82, 2.24) is 4.57 Å². The first-order valence-electron chi connectivity index (χ1n) is 8.96. The smallest absolute Gasteiger partial charge is 0.303 e. The van der Waals surface area contributed by atoms with Gasteiger partial charge in [0, 0.05) is 37.0 Å². The van der Waals surface area contributed by atoms with E-state index in [1.807, 2.05) is 60.3 Å². The van der Waals surface area contributed by atoms with Gasteiger partial charge in [-0.05, 0) is 42.2 Å². The Morgan fingerprint density at radius 2 is 1.89 bits per heavy atom. The summed E-state index contributed by atoms with van der Waals surface area (Å²) in [5.41, 5.74) is 4.00.